The molecule has 0 saturated heterocycles. The molecule has 0 aromatic heterocycles. The average Bonchev–Trinajstić information content (AvgIpc) is 2.17. The van der Waals surface area contributed by atoms with Gasteiger partial charge in [0.2, 0.25) is 0 Å². The Kier molecular flexibility index (Phi) is 2.85. The molecule has 2 rings (SSSR count). The van der Waals surface area contributed by atoms with E-state index in [9.17, 15) is 0 Å². The first-order valence-corrected chi connectivity index (χ1v) is 5.22. The SMILES string of the molecule is NC(CO)C1CC(c2ccccc2)C1. The second-order valence-electron chi connectivity index (χ2n) is 4.19. The predicted octanol–water partition coefficient (Wildman–Crippen LogP) is 1.50. The van der Waals surface area contributed by atoms with Crippen molar-refractivity contribution in [3.8, 4) is 0 Å². The highest BCUT2D eigenvalue weighted by molar-refractivity contribution is 5.22. The Labute approximate surface area is 84.7 Å². The molecule has 76 valence electrons. The number of nitrogens with two attached hydrogens (primary N) is 1. The summed E-state index contributed by atoms with van der Waals surface area (Å²) in [5.41, 5.74) is 7.18. The number of aliphatic hydroxyl groups excluding tert-OH is 1. The van der Waals surface area contributed by atoms with Crippen LogP contribution in [-0.2, 0) is 0 Å². The molecule has 1 saturated carbocycles. The zero-order valence-electron chi connectivity index (χ0n) is 8.26. The van der Waals surface area contributed by atoms with Crippen molar-refractivity contribution in [3.63, 3.8) is 0 Å². The fourth-order valence-electron chi connectivity index (χ4n) is 2.16. The van der Waals surface area contributed by atoms with Gasteiger partial charge in [0.1, 0.15) is 0 Å². The molecule has 1 atom stereocenters. The van der Waals surface area contributed by atoms with E-state index in [4.69, 9.17) is 10.8 Å². The van der Waals surface area contributed by atoms with Crippen molar-refractivity contribution in [2.45, 2.75) is 24.8 Å². The second-order valence-corrected chi connectivity index (χ2v) is 4.19. The van der Waals surface area contributed by atoms with E-state index in [2.05, 4.69) is 24.3 Å². The Morgan fingerprint density at radius 3 is 2.50 bits per heavy atom. The lowest BCUT2D eigenvalue weighted by atomic mass is 9.68. The molecule has 1 fully saturated rings. The molecule has 2 heteroatoms. The van der Waals surface area contributed by atoms with Crippen LogP contribution >= 0.6 is 0 Å². The topological polar surface area (TPSA) is 46.2 Å². The van der Waals surface area contributed by atoms with Gasteiger partial charge in [-0.2, -0.15) is 0 Å². The molecular weight excluding hydrogens is 174 g/mol. The number of aliphatic hydroxyl groups is 1. The molecule has 1 unspecified atom stereocenters. The van der Waals surface area contributed by atoms with Crippen LogP contribution in [0.1, 0.15) is 24.3 Å². The van der Waals surface area contributed by atoms with Crippen molar-refractivity contribution in [2.24, 2.45) is 11.7 Å². The third-order valence-corrected chi connectivity index (χ3v) is 3.26. The van der Waals surface area contributed by atoms with Crippen LogP contribution in [-0.4, -0.2) is 17.8 Å². The van der Waals surface area contributed by atoms with Gasteiger partial charge < -0.3 is 10.8 Å². The Morgan fingerprint density at radius 2 is 1.93 bits per heavy atom. The maximum Gasteiger partial charge on any atom is 0.0585 e. The van der Waals surface area contributed by atoms with Gasteiger partial charge in [-0.1, -0.05) is 30.3 Å². The van der Waals surface area contributed by atoms with E-state index in [0.29, 0.717) is 11.8 Å². The average molecular weight is 191 g/mol. The molecular formula is C12H17NO. The highest BCUT2D eigenvalue weighted by atomic mass is 16.3. The molecule has 0 spiro atoms. The van der Waals surface area contributed by atoms with Gasteiger partial charge in [-0.3, -0.25) is 0 Å². The van der Waals surface area contributed by atoms with Crippen molar-refractivity contribution >= 4 is 0 Å². The number of benzene rings is 1. The van der Waals surface area contributed by atoms with Gasteiger partial charge in [-0.15, -0.1) is 0 Å². The first-order chi connectivity index (χ1) is 6.81. The van der Waals surface area contributed by atoms with Crippen molar-refractivity contribution < 1.29 is 5.11 Å². The van der Waals surface area contributed by atoms with Crippen LogP contribution < -0.4 is 5.73 Å². The molecule has 1 aromatic carbocycles. The Bertz CT molecular complexity index is 280. The molecule has 1 aromatic rings. The van der Waals surface area contributed by atoms with E-state index in [0.717, 1.165) is 12.8 Å². The lowest BCUT2D eigenvalue weighted by molar-refractivity contribution is 0.156. The summed E-state index contributed by atoms with van der Waals surface area (Å²) < 4.78 is 0. The van der Waals surface area contributed by atoms with Gasteiger partial charge in [-0.05, 0) is 30.2 Å². The van der Waals surface area contributed by atoms with Crippen LogP contribution in [0.2, 0.25) is 0 Å². The summed E-state index contributed by atoms with van der Waals surface area (Å²) in [6.07, 6.45) is 2.26. The van der Waals surface area contributed by atoms with Crippen LogP contribution in [0.5, 0.6) is 0 Å². The molecule has 0 aliphatic heterocycles. The molecule has 1 aliphatic carbocycles. The van der Waals surface area contributed by atoms with Crippen molar-refractivity contribution in [1.82, 2.24) is 0 Å². The number of hydrogen-bond acceptors (Lipinski definition) is 2. The standard InChI is InChI=1S/C12H17NO/c13-12(8-14)11-6-10(7-11)9-4-2-1-3-5-9/h1-5,10-12,14H,6-8,13H2. The molecule has 1 aliphatic rings. The van der Waals surface area contributed by atoms with Crippen LogP contribution in [0.25, 0.3) is 0 Å². The van der Waals surface area contributed by atoms with E-state index in [1.54, 1.807) is 0 Å². The fourth-order valence-corrected chi connectivity index (χ4v) is 2.16. The maximum atomic E-state index is 8.90. The smallest absolute Gasteiger partial charge is 0.0585 e. The minimum atomic E-state index is -0.0186. The minimum Gasteiger partial charge on any atom is -0.395 e. The van der Waals surface area contributed by atoms with Gasteiger partial charge in [0.15, 0.2) is 0 Å². The van der Waals surface area contributed by atoms with E-state index in [-0.39, 0.29) is 12.6 Å². The lowest BCUT2D eigenvalue weighted by Crippen LogP contribution is -2.40. The van der Waals surface area contributed by atoms with E-state index in [1.807, 2.05) is 6.07 Å². The number of hydrogen-bond donors (Lipinski definition) is 2. The molecule has 0 heterocycles. The van der Waals surface area contributed by atoms with Crippen LogP contribution in [0, 0.1) is 5.92 Å². The Morgan fingerprint density at radius 1 is 1.29 bits per heavy atom. The summed E-state index contributed by atoms with van der Waals surface area (Å²) >= 11 is 0. The normalized spacial score (nSPS) is 28.1. The van der Waals surface area contributed by atoms with Crippen molar-refractivity contribution in [2.75, 3.05) is 6.61 Å². The molecule has 0 bridgehead atoms. The zero-order valence-corrected chi connectivity index (χ0v) is 8.26. The number of rotatable bonds is 3. The third kappa shape index (κ3) is 1.81. The van der Waals surface area contributed by atoms with E-state index in [1.165, 1.54) is 5.56 Å². The van der Waals surface area contributed by atoms with Crippen LogP contribution in [0.4, 0.5) is 0 Å². The highest BCUT2D eigenvalue weighted by Gasteiger charge is 2.33. The summed E-state index contributed by atoms with van der Waals surface area (Å²) in [6, 6.07) is 10.5. The van der Waals surface area contributed by atoms with Gasteiger partial charge >= 0.3 is 0 Å². The van der Waals surface area contributed by atoms with Gasteiger partial charge in [0.25, 0.3) is 0 Å². The van der Waals surface area contributed by atoms with Gasteiger partial charge in [0.05, 0.1) is 6.61 Å². The molecule has 14 heavy (non-hydrogen) atoms. The first kappa shape index (κ1) is 9.69. The maximum absolute atomic E-state index is 8.90. The Balaban J connectivity index is 1.89. The van der Waals surface area contributed by atoms with Gasteiger partial charge in [0, 0.05) is 6.04 Å². The molecule has 0 amide bonds. The molecule has 2 nitrogen and oxygen atoms in total. The zero-order chi connectivity index (χ0) is 9.97. The summed E-state index contributed by atoms with van der Waals surface area (Å²) in [5.74, 6) is 1.18. The largest absolute Gasteiger partial charge is 0.395 e. The summed E-state index contributed by atoms with van der Waals surface area (Å²) in [7, 11) is 0. The van der Waals surface area contributed by atoms with E-state index >= 15 is 0 Å². The highest BCUT2D eigenvalue weighted by Crippen LogP contribution is 2.42. The van der Waals surface area contributed by atoms with Crippen LogP contribution in [0.3, 0.4) is 0 Å². The van der Waals surface area contributed by atoms with Crippen LogP contribution in [0.15, 0.2) is 30.3 Å². The fraction of sp³-hybridized carbons (Fsp3) is 0.500. The minimum absolute atomic E-state index is 0.0186. The quantitative estimate of drug-likeness (QED) is 0.760. The third-order valence-electron chi connectivity index (χ3n) is 3.26. The van der Waals surface area contributed by atoms with Crippen molar-refractivity contribution in [3.05, 3.63) is 35.9 Å². The lowest BCUT2D eigenvalue weighted by Gasteiger charge is -2.38. The van der Waals surface area contributed by atoms with E-state index < -0.39 is 0 Å². The first-order valence-electron chi connectivity index (χ1n) is 5.22. The van der Waals surface area contributed by atoms with Crippen molar-refractivity contribution in [1.29, 1.82) is 0 Å². The Hall–Kier alpha value is -0.860. The second kappa shape index (κ2) is 4.11. The monoisotopic (exact) mass is 191 g/mol. The molecule has 3 N–H and O–H groups in total. The summed E-state index contributed by atoms with van der Waals surface area (Å²) in [4.78, 5) is 0. The predicted molar refractivity (Wildman–Crippen MR) is 57.0 cm³/mol. The van der Waals surface area contributed by atoms with Gasteiger partial charge in [-0.25, -0.2) is 0 Å². The summed E-state index contributed by atoms with van der Waals surface area (Å²) in [5, 5.41) is 8.90. The summed E-state index contributed by atoms with van der Waals surface area (Å²) in [6.45, 7) is 0.117. The molecule has 0 radical (unpaired) electrons.